The third kappa shape index (κ3) is 406. The Labute approximate surface area is 61.2 Å². The summed E-state index contributed by atoms with van der Waals surface area (Å²) < 4.78 is 0. The Morgan fingerprint density at radius 1 is 1.40 bits per heavy atom. The Morgan fingerprint density at radius 2 is 1.50 bits per heavy atom. The zero-order chi connectivity index (χ0) is 7.86. The van der Waals surface area contributed by atoms with Crippen molar-refractivity contribution in [1.29, 1.82) is 5.41 Å². The van der Waals surface area contributed by atoms with Crippen LogP contribution in [0.1, 0.15) is 21.3 Å². The third-order valence-electron chi connectivity index (χ3n) is 0.158. The molecule has 0 atom stereocenters. The molecule has 0 rings (SSSR count). The number of amidine groups is 2. The topological polar surface area (TPSA) is 108 Å². The normalized spacial score (nSPS) is 8.40. The highest BCUT2D eigenvalue weighted by Gasteiger charge is 1.64. The predicted molar refractivity (Wildman–Crippen MR) is 43.4 cm³/mol. The highest BCUT2D eigenvalue weighted by molar-refractivity contribution is 5.76. The number of oxime groups is 1. The van der Waals surface area contributed by atoms with Crippen molar-refractivity contribution < 1.29 is 5.21 Å². The van der Waals surface area contributed by atoms with Gasteiger partial charge in [0.1, 0.15) is 5.84 Å². The van der Waals surface area contributed by atoms with Gasteiger partial charge >= 0.3 is 0 Å². The fraction of sp³-hybridized carbons (Fsp3) is 0.600. The molecule has 0 amide bonds. The van der Waals surface area contributed by atoms with E-state index in [1.165, 1.54) is 13.8 Å². The van der Waals surface area contributed by atoms with Crippen molar-refractivity contribution in [3.8, 4) is 0 Å². The third-order valence-corrected chi connectivity index (χ3v) is 0.158. The van der Waals surface area contributed by atoms with Crippen LogP contribution in [0.5, 0.6) is 0 Å². The molecule has 0 spiro atoms. The van der Waals surface area contributed by atoms with E-state index in [2.05, 4.69) is 5.16 Å². The molecule has 0 fully saturated rings. The molecule has 0 aromatic heterocycles. The second-order valence-corrected chi connectivity index (χ2v) is 1.42. The summed E-state index contributed by atoms with van der Waals surface area (Å²) in [7, 11) is 0. The molecule has 5 nitrogen and oxygen atoms in total. The van der Waals surface area contributed by atoms with E-state index in [4.69, 9.17) is 22.1 Å². The number of nitrogens with two attached hydrogens (primary N) is 2. The Balaban J connectivity index is -0.0000000910. The van der Waals surface area contributed by atoms with Crippen molar-refractivity contribution in [2.24, 2.45) is 16.6 Å². The summed E-state index contributed by atoms with van der Waals surface area (Å²) in [5.41, 5.74) is 9.49. The monoisotopic (exact) mass is 148 g/mol. The minimum absolute atomic E-state index is 0. The zero-order valence-corrected chi connectivity index (χ0v) is 5.55. The van der Waals surface area contributed by atoms with Crippen LogP contribution in [0.25, 0.3) is 0 Å². The molecule has 0 heterocycles. The van der Waals surface area contributed by atoms with E-state index in [0.29, 0.717) is 0 Å². The first kappa shape index (κ1) is 15.9. The summed E-state index contributed by atoms with van der Waals surface area (Å²) in [6.07, 6.45) is 0. The average Bonchev–Trinajstić information content (AvgIpc) is 1.65. The average molecular weight is 148 g/mol. The standard InChI is InChI=1S/C2H6N2O.C2H6N2.CH4/c1-2(3)4-5;1-2(3)4;/h5H,1H3,(H2,3,4);1H3,(H3,3,4);1H4. The Morgan fingerprint density at radius 3 is 1.50 bits per heavy atom. The van der Waals surface area contributed by atoms with E-state index in [9.17, 15) is 0 Å². The van der Waals surface area contributed by atoms with Gasteiger partial charge in [-0.05, 0) is 13.8 Å². The van der Waals surface area contributed by atoms with Gasteiger partial charge in [0.05, 0.1) is 5.84 Å². The molecule has 0 unspecified atom stereocenters. The molecule has 0 aromatic carbocycles. The molecular weight excluding hydrogens is 132 g/mol. The molecule has 0 aliphatic heterocycles. The predicted octanol–water partition coefficient (Wildman–Crippen LogP) is 0.331. The van der Waals surface area contributed by atoms with Gasteiger partial charge < -0.3 is 16.7 Å². The summed E-state index contributed by atoms with van der Waals surface area (Å²) in [6, 6.07) is 0. The maximum atomic E-state index is 7.61. The van der Waals surface area contributed by atoms with Crippen molar-refractivity contribution in [2.75, 3.05) is 0 Å². The minimum atomic E-state index is 0. The second-order valence-electron chi connectivity index (χ2n) is 1.42. The van der Waals surface area contributed by atoms with E-state index in [-0.39, 0.29) is 19.1 Å². The lowest BCUT2D eigenvalue weighted by Crippen LogP contribution is -2.03. The van der Waals surface area contributed by atoms with Gasteiger partial charge in [-0.25, -0.2) is 0 Å². The van der Waals surface area contributed by atoms with Crippen molar-refractivity contribution in [1.82, 2.24) is 0 Å². The zero-order valence-electron chi connectivity index (χ0n) is 5.55. The minimum Gasteiger partial charge on any atom is -0.409 e. The molecule has 0 bridgehead atoms. The molecule has 0 radical (unpaired) electrons. The van der Waals surface area contributed by atoms with Gasteiger partial charge in [-0.3, -0.25) is 5.41 Å². The van der Waals surface area contributed by atoms with E-state index in [1.54, 1.807) is 0 Å². The lowest BCUT2D eigenvalue weighted by atomic mass is 10.7. The van der Waals surface area contributed by atoms with Crippen LogP contribution >= 0.6 is 0 Å². The summed E-state index contributed by atoms with van der Waals surface area (Å²) in [5.74, 6) is 0.352. The van der Waals surface area contributed by atoms with Gasteiger partial charge in [0, 0.05) is 0 Å². The highest BCUT2D eigenvalue weighted by Crippen LogP contribution is 1.51. The van der Waals surface area contributed by atoms with Gasteiger partial charge in [-0.1, -0.05) is 12.6 Å². The van der Waals surface area contributed by atoms with Gasteiger partial charge in [0.2, 0.25) is 0 Å². The van der Waals surface area contributed by atoms with Gasteiger partial charge in [0.25, 0.3) is 0 Å². The molecular formula is C5H16N4O. The molecule has 10 heavy (non-hydrogen) atoms. The Hall–Kier alpha value is -1.26. The SMILES string of the molecule is C.C/C(N)=N/O.CC(=N)N. The van der Waals surface area contributed by atoms with E-state index >= 15 is 0 Å². The highest BCUT2D eigenvalue weighted by atomic mass is 16.4. The molecule has 0 saturated carbocycles. The van der Waals surface area contributed by atoms with Gasteiger partial charge in [-0.15, -0.1) is 0 Å². The van der Waals surface area contributed by atoms with Crippen LogP contribution < -0.4 is 11.5 Å². The molecule has 0 aliphatic carbocycles. The molecule has 6 N–H and O–H groups in total. The van der Waals surface area contributed by atoms with Crippen LogP contribution in [0, 0.1) is 5.41 Å². The van der Waals surface area contributed by atoms with Crippen LogP contribution in [0.4, 0.5) is 0 Å². The largest absolute Gasteiger partial charge is 0.409 e. The summed E-state index contributed by atoms with van der Waals surface area (Å²) in [6.45, 7) is 3.03. The van der Waals surface area contributed by atoms with Crippen LogP contribution in [0.15, 0.2) is 5.16 Å². The number of hydrogen-bond acceptors (Lipinski definition) is 3. The van der Waals surface area contributed by atoms with E-state index in [0.717, 1.165) is 0 Å². The van der Waals surface area contributed by atoms with Crippen molar-refractivity contribution in [3.05, 3.63) is 0 Å². The number of nitrogens with one attached hydrogen (secondary N) is 1. The second kappa shape index (κ2) is 10.7. The fourth-order valence-electron chi connectivity index (χ4n) is 0. The van der Waals surface area contributed by atoms with Crippen LogP contribution in [-0.2, 0) is 0 Å². The van der Waals surface area contributed by atoms with Crippen molar-refractivity contribution in [3.63, 3.8) is 0 Å². The molecule has 62 valence electrons. The molecule has 0 aliphatic rings. The Bertz CT molecular complexity index is 102. The molecule has 5 heteroatoms. The van der Waals surface area contributed by atoms with E-state index in [1.807, 2.05) is 0 Å². The number of nitrogens with zero attached hydrogens (tertiary/aromatic N) is 1. The van der Waals surface area contributed by atoms with Crippen molar-refractivity contribution in [2.45, 2.75) is 21.3 Å². The van der Waals surface area contributed by atoms with E-state index < -0.39 is 0 Å². The summed E-state index contributed by atoms with van der Waals surface area (Å²) >= 11 is 0. The first-order chi connectivity index (χ1) is 4.00. The number of hydrogen-bond donors (Lipinski definition) is 4. The summed E-state index contributed by atoms with van der Waals surface area (Å²) in [5, 5.41) is 16.5. The van der Waals surface area contributed by atoms with Crippen LogP contribution in [0.3, 0.4) is 0 Å². The van der Waals surface area contributed by atoms with Crippen molar-refractivity contribution >= 4 is 11.7 Å². The maximum Gasteiger partial charge on any atom is 0.135 e. The lowest BCUT2D eigenvalue weighted by Gasteiger charge is -1.73. The smallest absolute Gasteiger partial charge is 0.135 e. The first-order valence-electron chi connectivity index (χ1n) is 2.25. The Kier molecular flexibility index (Phi) is 17.0. The lowest BCUT2D eigenvalue weighted by molar-refractivity contribution is 0.318. The van der Waals surface area contributed by atoms with Gasteiger partial charge in [-0.2, -0.15) is 0 Å². The maximum absolute atomic E-state index is 7.61. The molecule has 0 saturated heterocycles. The van der Waals surface area contributed by atoms with Crippen LogP contribution in [0.2, 0.25) is 0 Å². The quantitative estimate of drug-likeness (QED) is 0.172. The fourth-order valence-corrected chi connectivity index (χ4v) is 0. The first-order valence-corrected chi connectivity index (χ1v) is 2.25. The summed E-state index contributed by atoms with van der Waals surface area (Å²) in [4.78, 5) is 0. The van der Waals surface area contributed by atoms with Gasteiger partial charge in [0.15, 0.2) is 0 Å². The molecule has 0 aromatic rings. The number of rotatable bonds is 0. The van der Waals surface area contributed by atoms with Crippen LogP contribution in [-0.4, -0.2) is 16.9 Å².